The maximum Gasteiger partial charge on any atom is 0.271 e. The van der Waals surface area contributed by atoms with Gasteiger partial charge in [-0.05, 0) is 24.5 Å². The maximum atomic E-state index is 12.1. The third-order valence-electron chi connectivity index (χ3n) is 4.29. The quantitative estimate of drug-likeness (QED) is 0.888. The lowest BCUT2D eigenvalue weighted by Crippen LogP contribution is -2.44. The first kappa shape index (κ1) is 16.3. The molecule has 3 heterocycles. The molecule has 0 aromatic carbocycles. The largest absolute Gasteiger partial charge is 0.348 e. The van der Waals surface area contributed by atoms with Gasteiger partial charge in [0.15, 0.2) is 0 Å². The Morgan fingerprint density at radius 3 is 2.79 bits per heavy atom. The van der Waals surface area contributed by atoms with Crippen LogP contribution in [-0.4, -0.2) is 44.5 Å². The highest BCUT2D eigenvalue weighted by atomic mass is 16.2. The van der Waals surface area contributed by atoms with Gasteiger partial charge in [0, 0.05) is 57.4 Å². The molecule has 1 amide bonds. The Morgan fingerprint density at radius 1 is 1.33 bits per heavy atom. The zero-order chi connectivity index (χ0) is 16.9. The second-order valence-corrected chi connectivity index (χ2v) is 6.10. The van der Waals surface area contributed by atoms with Gasteiger partial charge in [0.25, 0.3) is 11.5 Å². The molecule has 1 aliphatic heterocycles. The Bertz CT molecular complexity index is 751. The van der Waals surface area contributed by atoms with Crippen LogP contribution in [0.3, 0.4) is 0 Å². The molecule has 126 valence electrons. The Hall–Kier alpha value is -2.54. The van der Waals surface area contributed by atoms with Gasteiger partial charge >= 0.3 is 0 Å². The summed E-state index contributed by atoms with van der Waals surface area (Å²) in [4.78, 5) is 34.0. The fourth-order valence-corrected chi connectivity index (χ4v) is 2.86. The molecule has 3 rings (SSSR count). The fourth-order valence-electron chi connectivity index (χ4n) is 2.86. The first-order valence-corrected chi connectivity index (χ1v) is 8.06. The van der Waals surface area contributed by atoms with Crippen molar-refractivity contribution < 1.29 is 4.79 Å². The molecule has 7 heteroatoms. The summed E-state index contributed by atoms with van der Waals surface area (Å²) >= 11 is 0. The molecule has 24 heavy (non-hydrogen) atoms. The van der Waals surface area contributed by atoms with E-state index in [2.05, 4.69) is 20.2 Å². The van der Waals surface area contributed by atoms with Crippen LogP contribution in [0.5, 0.6) is 0 Å². The van der Waals surface area contributed by atoms with E-state index in [0.29, 0.717) is 5.69 Å². The van der Waals surface area contributed by atoms with Gasteiger partial charge in [-0.25, -0.2) is 4.98 Å². The van der Waals surface area contributed by atoms with Crippen molar-refractivity contribution in [2.24, 2.45) is 7.05 Å². The Labute approximate surface area is 140 Å². The average molecular weight is 327 g/mol. The molecule has 0 radical (unpaired) electrons. The fraction of sp³-hybridized carbons (Fsp3) is 0.412. The molecule has 1 saturated heterocycles. The highest BCUT2D eigenvalue weighted by Gasteiger charge is 2.21. The summed E-state index contributed by atoms with van der Waals surface area (Å²) in [5.74, 6) is -0.173. The van der Waals surface area contributed by atoms with Crippen LogP contribution in [-0.2, 0) is 13.6 Å². The smallest absolute Gasteiger partial charge is 0.271 e. The molecule has 2 aromatic heterocycles. The Balaban J connectivity index is 1.49. The van der Waals surface area contributed by atoms with Gasteiger partial charge in [-0.3, -0.25) is 19.5 Å². The summed E-state index contributed by atoms with van der Waals surface area (Å²) in [6, 6.07) is 3.81. The molecular weight excluding hydrogens is 306 g/mol. The number of carbonyl (C=O) groups is 1. The molecule has 1 N–H and O–H groups in total. The molecule has 1 aliphatic rings. The third-order valence-corrected chi connectivity index (χ3v) is 4.29. The van der Waals surface area contributed by atoms with E-state index in [-0.39, 0.29) is 17.5 Å². The van der Waals surface area contributed by atoms with E-state index in [1.165, 1.54) is 12.4 Å². The molecule has 2 aromatic rings. The maximum absolute atomic E-state index is 12.1. The monoisotopic (exact) mass is 327 g/mol. The van der Waals surface area contributed by atoms with Crippen LogP contribution in [0.1, 0.15) is 28.9 Å². The van der Waals surface area contributed by atoms with Crippen molar-refractivity contribution in [1.82, 2.24) is 24.8 Å². The van der Waals surface area contributed by atoms with Crippen molar-refractivity contribution in [3.8, 4) is 0 Å². The number of rotatable bonds is 4. The third kappa shape index (κ3) is 4.05. The zero-order valence-corrected chi connectivity index (χ0v) is 13.7. The number of aryl methyl sites for hydroxylation is 1. The molecule has 0 atom stereocenters. The number of likely N-dealkylation sites (tertiary alicyclic amines) is 1. The summed E-state index contributed by atoms with van der Waals surface area (Å²) in [6.45, 7) is 2.54. The van der Waals surface area contributed by atoms with Crippen molar-refractivity contribution in [1.29, 1.82) is 0 Å². The number of aromatic nitrogens is 3. The van der Waals surface area contributed by atoms with E-state index < -0.39 is 0 Å². The van der Waals surface area contributed by atoms with E-state index in [9.17, 15) is 9.59 Å². The Morgan fingerprint density at radius 2 is 2.12 bits per heavy atom. The van der Waals surface area contributed by atoms with Gasteiger partial charge in [-0.2, -0.15) is 0 Å². The SMILES string of the molecule is Cn1ccc(CN2CCC(NC(=O)c3cnccn3)CC2)cc1=O. The van der Waals surface area contributed by atoms with Gasteiger partial charge < -0.3 is 9.88 Å². The summed E-state index contributed by atoms with van der Waals surface area (Å²) in [5.41, 5.74) is 1.39. The lowest BCUT2D eigenvalue weighted by atomic mass is 10.0. The predicted molar refractivity (Wildman–Crippen MR) is 89.5 cm³/mol. The zero-order valence-electron chi connectivity index (χ0n) is 13.7. The highest BCUT2D eigenvalue weighted by molar-refractivity contribution is 5.92. The lowest BCUT2D eigenvalue weighted by molar-refractivity contribution is 0.0903. The minimum absolute atomic E-state index is 0.0126. The minimum atomic E-state index is -0.173. The number of hydrogen-bond donors (Lipinski definition) is 1. The minimum Gasteiger partial charge on any atom is -0.348 e. The van der Waals surface area contributed by atoms with Crippen molar-refractivity contribution in [2.75, 3.05) is 13.1 Å². The second-order valence-electron chi connectivity index (χ2n) is 6.10. The highest BCUT2D eigenvalue weighted by Crippen LogP contribution is 2.13. The van der Waals surface area contributed by atoms with Crippen LogP contribution < -0.4 is 10.9 Å². The van der Waals surface area contributed by atoms with Gasteiger partial charge in [0.2, 0.25) is 0 Å². The Kier molecular flexibility index (Phi) is 5.00. The molecule has 0 unspecified atom stereocenters. The van der Waals surface area contributed by atoms with Crippen molar-refractivity contribution >= 4 is 5.91 Å². The van der Waals surface area contributed by atoms with Gasteiger partial charge in [0.1, 0.15) is 5.69 Å². The van der Waals surface area contributed by atoms with E-state index in [4.69, 9.17) is 0 Å². The van der Waals surface area contributed by atoms with E-state index >= 15 is 0 Å². The van der Waals surface area contributed by atoms with Crippen molar-refractivity contribution in [3.05, 3.63) is 58.5 Å². The summed E-state index contributed by atoms with van der Waals surface area (Å²) in [6.07, 6.45) is 8.10. The van der Waals surface area contributed by atoms with E-state index in [0.717, 1.165) is 38.0 Å². The first-order valence-electron chi connectivity index (χ1n) is 8.06. The van der Waals surface area contributed by atoms with Crippen LogP contribution in [0, 0.1) is 0 Å². The van der Waals surface area contributed by atoms with E-state index in [1.807, 2.05) is 6.07 Å². The average Bonchev–Trinajstić information content (AvgIpc) is 2.61. The summed E-state index contributed by atoms with van der Waals surface area (Å²) in [5, 5.41) is 3.01. The van der Waals surface area contributed by atoms with Crippen LogP contribution in [0.25, 0.3) is 0 Å². The van der Waals surface area contributed by atoms with Crippen LogP contribution in [0.4, 0.5) is 0 Å². The summed E-state index contributed by atoms with van der Waals surface area (Å²) in [7, 11) is 1.75. The molecule has 0 spiro atoms. The standard InChI is InChI=1S/C17H21N5O2/c1-21-7-2-13(10-16(21)23)12-22-8-3-14(4-9-22)20-17(24)15-11-18-5-6-19-15/h2,5-7,10-11,14H,3-4,8-9,12H2,1H3,(H,20,24). The predicted octanol–water partition coefficient (Wildman–Crippen LogP) is 0.570. The summed E-state index contributed by atoms with van der Waals surface area (Å²) < 4.78 is 1.57. The first-order chi connectivity index (χ1) is 11.6. The van der Waals surface area contributed by atoms with Crippen LogP contribution in [0.15, 0.2) is 41.7 Å². The van der Waals surface area contributed by atoms with Crippen LogP contribution in [0.2, 0.25) is 0 Å². The number of pyridine rings is 1. The van der Waals surface area contributed by atoms with Gasteiger partial charge in [0.05, 0.1) is 6.20 Å². The van der Waals surface area contributed by atoms with Crippen LogP contribution >= 0.6 is 0 Å². The van der Waals surface area contributed by atoms with E-state index in [1.54, 1.807) is 30.1 Å². The van der Waals surface area contributed by atoms with Crippen molar-refractivity contribution in [3.63, 3.8) is 0 Å². The number of amides is 1. The molecule has 0 aliphatic carbocycles. The lowest BCUT2D eigenvalue weighted by Gasteiger charge is -2.32. The molecule has 7 nitrogen and oxygen atoms in total. The number of hydrogen-bond acceptors (Lipinski definition) is 5. The number of piperidine rings is 1. The van der Waals surface area contributed by atoms with Crippen molar-refractivity contribution in [2.45, 2.75) is 25.4 Å². The molecule has 1 fully saturated rings. The molecule has 0 saturated carbocycles. The molecular formula is C17H21N5O2. The number of nitrogens with one attached hydrogen (secondary N) is 1. The van der Waals surface area contributed by atoms with Gasteiger partial charge in [-0.15, -0.1) is 0 Å². The second kappa shape index (κ2) is 7.35. The van der Waals surface area contributed by atoms with Gasteiger partial charge in [-0.1, -0.05) is 0 Å². The topological polar surface area (TPSA) is 80.1 Å². The number of nitrogens with zero attached hydrogens (tertiary/aromatic N) is 4. The normalized spacial score (nSPS) is 16.0. The number of carbonyl (C=O) groups excluding carboxylic acids is 1. The molecule has 0 bridgehead atoms.